The molecular formula is C17H18ClN3. The van der Waals surface area contributed by atoms with E-state index in [1.807, 2.05) is 19.1 Å². The average molecular weight is 300 g/mol. The van der Waals surface area contributed by atoms with Crippen LogP contribution in [0.15, 0.2) is 30.3 Å². The third-order valence-electron chi connectivity index (χ3n) is 3.79. The number of halogens is 1. The van der Waals surface area contributed by atoms with Crippen LogP contribution in [0, 0.1) is 20.8 Å². The predicted molar refractivity (Wildman–Crippen MR) is 89.1 cm³/mol. The van der Waals surface area contributed by atoms with Gasteiger partial charge in [0.15, 0.2) is 0 Å². The molecule has 1 aromatic carbocycles. The van der Waals surface area contributed by atoms with Crippen molar-refractivity contribution in [3.63, 3.8) is 0 Å². The van der Waals surface area contributed by atoms with Crippen LogP contribution in [-0.4, -0.2) is 9.97 Å². The van der Waals surface area contributed by atoms with Crippen molar-refractivity contribution in [1.82, 2.24) is 9.97 Å². The zero-order valence-electron chi connectivity index (χ0n) is 12.4. The van der Waals surface area contributed by atoms with Gasteiger partial charge in [0.05, 0.1) is 16.7 Å². The van der Waals surface area contributed by atoms with Gasteiger partial charge in [-0.3, -0.25) is 0 Å². The molecule has 3 nitrogen and oxygen atoms in total. The number of pyridine rings is 1. The van der Waals surface area contributed by atoms with Crippen LogP contribution < -0.4 is 5.32 Å². The van der Waals surface area contributed by atoms with E-state index in [-0.39, 0.29) is 0 Å². The number of aromatic nitrogens is 2. The average Bonchev–Trinajstić information content (AvgIpc) is 2.78. The third kappa shape index (κ3) is 2.74. The highest BCUT2D eigenvalue weighted by Crippen LogP contribution is 2.26. The lowest BCUT2D eigenvalue weighted by molar-refractivity contribution is 1.09. The molecule has 2 heterocycles. The molecular weight excluding hydrogens is 282 g/mol. The summed E-state index contributed by atoms with van der Waals surface area (Å²) in [6, 6.07) is 10.2. The van der Waals surface area contributed by atoms with Crippen molar-refractivity contribution in [2.24, 2.45) is 0 Å². The lowest BCUT2D eigenvalue weighted by atomic mass is 10.0. The minimum Gasteiger partial charge on any atom is -0.379 e. The van der Waals surface area contributed by atoms with Gasteiger partial charge in [-0.05, 0) is 43.5 Å². The lowest BCUT2D eigenvalue weighted by Crippen LogP contribution is -2.04. The molecule has 0 fully saturated rings. The van der Waals surface area contributed by atoms with Crippen molar-refractivity contribution in [2.75, 3.05) is 5.32 Å². The number of nitrogens with zero attached hydrogens (tertiary/aromatic N) is 1. The van der Waals surface area contributed by atoms with E-state index in [4.69, 9.17) is 11.6 Å². The molecule has 21 heavy (non-hydrogen) atoms. The molecule has 0 unspecified atom stereocenters. The Kier molecular flexibility index (Phi) is 3.60. The molecule has 0 saturated carbocycles. The minimum atomic E-state index is 0.505. The number of aromatic amines is 1. The summed E-state index contributed by atoms with van der Waals surface area (Å²) in [6.45, 7) is 7.06. The Morgan fingerprint density at radius 3 is 2.57 bits per heavy atom. The van der Waals surface area contributed by atoms with Gasteiger partial charge in [0.1, 0.15) is 5.15 Å². The van der Waals surface area contributed by atoms with Crippen molar-refractivity contribution in [3.05, 3.63) is 57.9 Å². The first kappa shape index (κ1) is 14.0. The summed E-state index contributed by atoms with van der Waals surface area (Å²) in [5.41, 5.74) is 7.87. The number of hydrogen-bond acceptors (Lipinski definition) is 2. The molecule has 0 amide bonds. The van der Waals surface area contributed by atoms with E-state index in [9.17, 15) is 0 Å². The van der Waals surface area contributed by atoms with E-state index < -0.39 is 0 Å². The van der Waals surface area contributed by atoms with Crippen molar-refractivity contribution in [3.8, 4) is 0 Å². The van der Waals surface area contributed by atoms with Gasteiger partial charge < -0.3 is 10.3 Å². The fourth-order valence-electron chi connectivity index (χ4n) is 2.66. The summed E-state index contributed by atoms with van der Waals surface area (Å²) >= 11 is 6.11. The highest BCUT2D eigenvalue weighted by Gasteiger charge is 2.09. The number of anilines is 1. The molecule has 3 rings (SSSR count). The summed E-state index contributed by atoms with van der Waals surface area (Å²) in [6.07, 6.45) is 0. The smallest absolute Gasteiger partial charge is 0.131 e. The zero-order valence-corrected chi connectivity index (χ0v) is 13.2. The van der Waals surface area contributed by atoms with Crippen molar-refractivity contribution >= 4 is 28.3 Å². The molecule has 0 spiro atoms. The maximum atomic E-state index is 6.11. The zero-order chi connectivity index (χ0) is 15.0. The van der Waals surface area contributed by atoms with Crippen LogP contribution in [0.1, 0.15) is 22.4 Å². The van der Waals surface area contributed by atoms with E-state index in [0.717, 1.165) is 29.0 Å². The van der Waals surface area contributed by atoms with E-state index in [0.29, 0.717) is 5.15 Å². The topological polar surface area (TPSA) is 40.7 Å². The first-order chi connectivity index (χ1) is 10.0. The van der Waals surface area contributed by atoms with Crippen molar-refractivity contribution < 1.29 is 0 Å². The van der Waals surface area contributed by atoms with E-state index in [2.05, 4.69) is 47.3 Å². The number of aryl methyl sites for hydroxylation is 3. The highest BCUT2D eigenvalue weighted by molar-refractivity contribution is 6.30. The number of benzene rings is 1. The van der Waals surface area contributed by atoms with Gasteiger partial charge in [0.25, 0.3) is 0 Å². The quantitative estimate of drug-likeness (QED) is 0.685. The molecule has 0 radical (unpaired) electrons. The van der Waals surface area contributed by atoms with Crippen LogP contribution in [0.4, 0.5) is 5.69 Å². The van der Waals surface area contributed by atoms with Crippen molar-refractivity contribution in [1.29, 1.82) is 0 Å². The maximum absolute atomic E-state index is 6.11. The second-order valence-corrected chi connectivity index (χ2v) is 5.82. The van der Waals surface area contributed by atoms with Gasteiger partial charge in [0, 0.05) is 18.3 Å². The molecule has 4 heteroatoms. The number of nitrogens with one attached hydrogen (secondary N) is 2. The second-order valence-electron chi connectivity index (χ2n) is 5.43. The van der Waals surface area contributed by atoms with Crippen LogP contribution in [0.5, 0.6) is 0 Å². The van der Waals surface area contributed by atoms with Gasteiger partial charge in [-0.2, -0.15) is 0 Å². The Labute approximate surface area is 129 Å². The number of rotatable bonds is 3. The highest BCUT2D eigenvalue weighted by atomic mass is 35.5. The van der Waals surface area contributed by atoms with Crippen LogP contribution in [-0.2, 0) is 6.54 Å². The standard InChI is InChI=1S/C17H18ClN3/c1-10-5-4-6-11(2)13(10)9-19-14-8-16(18)21-15-7-12(3)20-17(14)15/h4-8,20H,9H2,1-3H3,(H,19,21). The lowest BCUT2D eigenvalue weighted by Gasteiger charge is -2.12. The molecule has 0 aliphatic rings. The van der Waals surface area contributed by atoms with Gasteiger partial charge in [-0.1, -0.05) is 29.8 Å². The molecule has 0 saturated heterocycles. The summed E-state index contributed by atoms with van der Waals surface area (Å²) < 4.78 is 0. The predicted octanol–water partition coefficient (Wildman–Crippen LogP) is 4.75. The normalized spacial score (nSPS) is 11.0. The van der Waals surface area contributed by atoms with Crippen LogP contribution >= 0.6 is 11.6 Å². The van der Waals surface area contributed by atoms with E-state index in [1.54, 1.807) is 0 Å². The maximum Gasteiger partial charge on any atom is 0.131 e. The Hall–Kier alpha value is -2.00. The second kappa shape index (κ2) is 5.41. The molecule has 2 N–H and O–H groups in total. The third-order valence-corrected chi connectivity index (χ3v) is 3.99. The molecule has 0 aliphatic heterocycles. The van der Waals surface area contributed by atoms with Crippen LogP contribution in [0.3, 0.4) is 0 Å². The number of fused-ring (bicyclic) bond motifs is 1. The molecule has 3 aromatic rings. The summed E-state index contributed by atoms with van der Waals surface area (Å²) in [5, 5.41) is 3.99. The van der Waals surface area contributed by atoms with E-state index in [1.165, 1.54) is 16.7 Å². The number of H-pyrrole nitrogens is 1. The fraction of sp³-hybridized carbons (Fsp3) is 0.235. The molecule has 0 atom stereocenters. The fourth-order valence-corrected chi connectivity index (χ4v) is 2.86. The SMILES string of the molecule is Cc1cc2nc(Cl)cc(NCc3c(C)cccc3C)c2[nH]1. The first-order valence-corrected chi connectivity index (χ1v) is 7.37. The molecule has 0 bridgehead atoms. The van der Waals surface area contributed by atoms with Gasteiger partial charge in [-0.15, -0.1) is 0 Å². The Balaban J connectivity index is 1.95. The summed E-state index contributed by atoms with van der Waals surface area (Å²) in [4.78, 5) is 7.68. The van der Waals surface area contributed by atoms with Gasteiger partial charge in [-0.25, -0.2) is 4.98 Å². The molecule has 0 aliphatic carbocycles. The number of hydrogen-bond donors (Lipinski definition) is 2. The molecule has 108 valence electrons. The van der Waals surface area contributed by atoms with Crippen molar-refractivity contribution in [2.45, 2.75) is 27.3 Å². The Morgan fingerprint density at radius 1 is 1.14 bits per heavy atom. The van der Waals surface area contributed by atoms with Gasteiger partial charge >= 0.3 is 0 Å². The summed E-state index contributed by atoms with van der Waals surface area (Å²) in [5.74, 6) is 0. The summed E-state index contributed by atoms with van der Waals surface area (Å²) in [7, 11) is 0. The van der Waals surface area contributed by atoms with Gasteiger partial charge in [0.2, 0.25) is 0 Å². The Morgan fingerprint density at radius 2 is 1.86 bits per heavy atom. The van der Waals surface area contributed by atoms with Crippen LogP contribution in [0.25, 0.3) is 11.0 Å². The largest absolute Gasteiger partial charge is 0.379 e. The van der Waals surface area contributed by atoms with E-state index >= 15 is 0 Å². The van der Waals surface area contributed by atoms with Crippen LogP contribution in [0.2, 0.25) is 5.15 Å². The molecule has 2 aromatic heterocycles. The monoisotopic (exact) mass is 299 g/mol. The minimum absolute atomic E-state index is 0.505. The Bertz CT molecular complexity index is 785. The first-order valence-electron chi connectivity index (χ1n) is 6.99.